The van der Waals surface area contributed by atoms with Crippen LogP contribution in [0.3, 0.4) is 0 Å². The summed E-state index contributed by atoms with van der Waals surface area (Å²) in [6.07, 6.45) is -3.64. The molecule has 1 N–H and O–H groups in total. The predicted octanol–water partition coefficient (Wildman–Crippen LogP) is 3.66. The van der Waals surface area contributed by atoms with E-state index in [1.807, 2.05) is 19.1 Å². The van der Waals surface area contributed by atoms with Crippen LogP contribution in [0.5, 0.6) is 5.75 Å². The van der Waals surface area contributed by atoms with Gasteiger partial charge in [0.2, 0.25) is 0 Å². The zero-order valence-corrected chi connectivity index (χ0v) is 11.7. The second kappa shape index (κ2) is 8.11. The second-order valence-corrected chi connectivity index (χ2v) is 4.23. The molecule has 0 saturated carbocycles. The van der Waals surface area contributed by atoms with Crippen molar-refractivity contribution in [1.82, 2.24) is 5.32 Å². The fraction of sp³-hybridized carbons (Fsp3) is 0.571. The normalized spacial score (nSPS) is 13.2. The van der Waals surface area contributed by atoms with Crippen LogP contribution in [0.15, 0.2) is 24.3 Å². The zero-order valence-electron chi connectivity index (χ0n) is 11.7. The standard InChI is InChI=1S/C14H20F3NO2/c1-3-13(18-4-2)11-5-7-12(8-6-11)19-9-10-20-14(15,16)17/h5-8,13,18H,3-4,9-10H2,1-2H3. The average molecular weight is 291 g/mol. The Kier molecular flexibility index (Phi) is 6.81. The van der Waals surface area contributed by atoms with Gasteiger partial charge in [-0.05, 0) is 30.7 Å². The summed E-state index contributed by atoms with van der Waals surface area (Å²) in [7, 11) is 0. The molecule has 0 fully saturated rings. The Morgan fingerprint density at radius 3 is 2.25 bits per heavy atom. The molecule has 0 radical (unpaired) electrons. The first-order valence-corrected chi connectivity index (χ1v) is 6.63. The number of hydrogen-bond acceptors (Lipinski definition) is 3. The Balaban J connectivity index is 2.42. The molecule has 0 aliphatic rings. The van der Waals surface area contributed by atoms with Crippen molar-refractivity contribution in [2.24, 2.45) is 0 Å². The highest BCUT2D eigenvalue weighted by molar-refractivity contribution is 5.29. The van der Waals surface area contributed by atoms with Crippen molar-refractivity contribution in [3.63, 3.8) is 0 Å². The molecule has 20 heavy (non-hydrogen) atoms. The molecule has 0 saturated heterocycles. The van der Waals surface area contributed by atoms with Gasteiger partial charge in [-0.15, -0.1) is 13.2 Å². The molecule has 0 aliphatic carbocycles. The Morgan fingerprint density at radius 1 is 1.10 bits per heavy atom. The van der Waals surface area contributed by atoms with E-state index in [1.165, 1.54) is 0 Å². The van der Waals surface area contributed by atoms with Crippen molar-refractivity contribution in [3.05, 3.63) is 29.8 Å². The van der Waals surface area contributed by atoms with Crippen molar-refractivity contribution < 1.29 is 22.6 Å². The lowest BCUT2D eigenvalue weighted by molar-refractivity contribution is -0.325. The van der Waals surface area contributed by atoms with Gasteiger partial charge in [-0.2, -0.15) is 0 Å². The molecule has 1 unspecified atom stereocenters. The molecule has 0 heterocycles. The van der Waals surface area contributed by atoms with E-state index in [-0.39, 0.29) is 12.6 Å². The second-order valence-electron chi connectivity index (χ2n) is 4.23. The number of alkyl halides is 3. The first-order chi connectivity index (χ1) is 9.46. The van der Waals surface area contributed by atoms with E-state index in [4.69, 9.17) is 4.74 Å². The average Bonchev–Trinajstić information content (AvgIpc) is 2.41. The summed E-state index contributed by atoms with van der Waals surface area (Å²) < 4.78 is 44.1. The molecular weight excluding hydrogens is 271 g/mol. The quantitative estimate of drug-likeness (QED) is 0.741. The number of nitrogens with one attached hydrogen (secondary N) is 1. The van der Waals surface area contributed by atoms with Crippen molar-refractivity contribution in [2.45, 2.75) is 32.7 Å². The molecule has 0 spiro atoms. The molecule has 0 aromatic heterocycles. The minimum atomic E-state index is -4.60. The Hall–Kier alpha value is -1.27. The van der Waals surface area contributed by atoms with Gasteiger partial charge in [-0.1, -0.05) is 26.0 Å². The van der Waals surface area contributed by atoms with E-state index in [1.54, 1.807) is 12.1 Å². The summed E-state index contributed by atoms with van der Waals surface area (Å²) in [6, 6.07) is 7.61. The molecule has 1 rings (SSSR count). The van der Waals surface area contributed by atoms with Crippen molar-refractivity contribution in [2.75, 3.05) is 19.8 Å². The van der Waals surface area contributed by atoms with E-state index in [2.05, 4.69) is 17.0 Å². The Labute approximate surface area is 117 Å². The number of ether oxygens (including phenoxy) is 2. The third-order valence-corrected chi connectivity index (χ3v) is 2.76. The molecule has 3 nitrogen and oxygen atoms in total. The van der Waals surface area contributed by atoms with Crippen LogP contribution in [0, 0.1) is 0 Å². The highest BCUT2D eigenvalue weighted by atomic mass is 19.4. The maximum absolute atomic E-state index is 11.7. The predicted molar refractivity (Wildman–Crippen MR) is 70.7 cm³/mol. The molecule has 1 aromatic carbocycles. The first kappa shape index (κ1) is 16.8. The van der Waals surface area contributed by atoms with Crippen LogP contribution in [0.1, 0.15) is 31.9 Å². The third kappa shape index (κ3) is 6.25. The van der Waals surface area contributed by atoms with Gasteiger partial charge in [0.15, 0.2) is 0 Å². The minimum Gasteiger partial charge on any atom is -0.491 e. The van der Waals surface area contributed by atoms with Gasteiger partial charge in [-0.3, -0.25) is 4.74 Å². The van der Waals surface area contributed by atoms with E-state index in [9.17, 15) is 13.2 Å². The molecule has 0 aliphatic heterocycles. The summed E-state index contributed by atoms with van der Waals surface area (Å²) in [4.78, 5) is 0. The van der Waals surface area contributed by atoms with Crippen molar-refractivity contribution >= 4 is 0 Å². The Bertz CT molecular complexity index is 379. The van der Waals surface area contributed by atoms with Crippen LogP contribution in [-0.4, -0.2) is 26.1 Å². The summed E-state index contributed by atoms with van der Waals surface area (Å²) in [6.45, 7) is 4.36. The monoisotopic (exact) mass is 291 g/mol. The lowest BCUT2D eigenvalue weighted by Gasteiger charge is -2.16. The summed E-state index contributed by atoms with van der Waals surface area (Å²) in [5, 5.41) is 3.35. The molecule has 114 valence electrons. The van der Waals surface area contributed by atoms with E-state index in [0.29, 0.717) is 5.75 Å². The van der Waals surface area contributed by atoms with Gasteiger partial charge in [0, 0.05) is 6.04 Å². The summed E-state index contributed by atoms with van der Waals surface area (Å²) >= 11 is 0. The van der Waals surface area contributed by atoms with Crippen LogP contribution in [0.25, 0.3) is 0 Å². The van der Waals surface area contributed by atoms with Gasteiger partial charge in [0.1, 0.15) is 12.4 Å². The van der Waals surface area contributed by atoms with E-state index < -0.39 is 13.0 Å². The minimum absolute atomic E-state index is 0.136. The molecule has 0 amide bonds. The van der Waals surface area contributed by atoms with Crippen LogP contribution >= 0.6 is 0 Å². The summed E-state index contributed by atoms with van der Waals surface area (Å²) in [5.74, 6) is 0.533. The van der Waals surface area contributed by atoms with Gasteiger partial charge in [-0.25, -0.2) is 0 Å². The van der Waals surface area contributed by atoms with Crippen LogP contribution in [-0.2, 0) is 4.74 Å². The van der Waals surface area contributed by atoms with E-state index in [0.717, 1.165) is 18.5 Å². The smallest absolute Gasteiger partial charge is 0.491 e. The maximum Gasteiger partial charge on any atom is 0.522 e. The number of rotatable bonds is 8. The largest absolute Gasteiger partial charge is 0.522 e. The van der Waals surface area contributed by atoms with Crippen LogP contribution in [0.2, 0.25) is 0 Å². The molecule has 6 heteroatoms. The van der Waals surface area contributed by atoms with Crippen LogP contribution in [0.4, 0.5) is 13.2 Å². The van der Waals surface area contributed by atoms with Gasteiger partial charge >= 0.3 is 6.36 Å². The molecule has 1 aromatic rings. The third-order valence-electron chi connectivity index (χ3n) is 2.76. The lowest BCUT2D eigenvalue weighted by atomic mass is 10.0. The maximum atomic E-state index is 11.7. The van der Waals surface area contributed by atoms with E-state index >= 15 is 0 Å². The number of hydrogen-bond donors (Lipinski definition) is 1. The fourth-order valence-electron chi connectivity index (χ4n) is 1.86. The zero-order chi connectivity index (χ0) is 15.0. The van der Waals surface area contributed by atoms with Gasteiger partial charge < -0.3 is 10.1 Å². The fourth-order valence-corrected chi connectivity index (χ4v) is 1.86. The lowest BCUT2D eigenvalue weighted by Crippen LogP contribution is -2.20. The number of benzene rings is 1. The van der Waals surface area contributed by atoms with Gasteiger partial charge in [0.25, 0.3) is 0 Å². The molecular formula is C14H20F3NO2. The summed E-state index contributed by atoms with van der Waals surface area (Å²) in [5.41, 5.74) is 1.13. The SMILES string of the molecule is CCNC(CC)c1ccc(OCCOC(F)(F)F)cc1. The van der Waals surface area contributed by atoms with Crippen LogP contribution < -0.4 is 10.1 Å². The van der Waals surface area contributed by atoms with Gasteiger partial charge in [0.05, 0.1) is 6.61 Å². The molecule has 0 bridgehead atoms. The van der Waals surface area contributed by atoms with Crippen molar-refractivity contribution in [1.29, 1.82) is 0 Å². The highest BCUT2D eigenvalue weighted by Gasteiger charge is 2.28. The molecule has 1 atom stereocenters. The topological polar surface area (TPSA) is 30.5 Å². The first-order valence-electron chi connectivity index (χ1n) is 6.63. The Morgan fingerprint density at radius 2 is 1.75 bits per heavy atom. The van der Waals surface area contributed by atoms with Crippen molar-refractivity contribution in [3.8, 4) is 5.75 Å². The highest BCUT2D eigenvalue weighted by Crippen LogP contribution is 2.20. The number of halogens is 3.